The number of anilines is 2. The maximum atomic E-state index is 12.9. The first-order valence-electron chi connectivity index (χ1n) is 8.83. The smallest absolute Gasteiger partial charge is 0.262 e. The lowest BCUT2D eigenvalue weighted by molar-refractivity contribution is 0.102. The van der Waals surface area contributed by atoms with Crippen LogP contribution >= 0.6 is 0 Å². The van der Waals surface area contributed by atoms with Gasteiger partial charge in [0.1, 0.15) is 0 Å². The average molecular weight is 394 g/mol. The van der Waals surface area contributed by atoms with Crippen LogP contribution in [0.3, 0.4) is 0 Å². The average Bonchev–Trinajstić information content (AvgIpc) is 2.65. The third-order valence-corrected chi connectivity index (χ3v) is 5.95. The van der Waals surface area contributed by atoms with Crippen LogP contribution in [0.1, 0.15) is 27.0 Å². The molecule has 144 valence electrons. The minimum Gasteiger partial charge on any atom is -0.322 e. The molecule has 0 fully saturated rings. The van der Waals surface area contributed by atoms with E-state index < -0.39 is 10.0 Å². The molecule has 0 unspecified atom stereocenters. The maximum Gasteiger partial charge on any atom is 0.262 e. The van der Waals surface area contributed by atoms with Crippen molar-refractivity contribution in [3.63, 3.8) is 0 Å². The fourth-order valence-corrected chi connectivity index (χ4v) is 4.16. The van der Waals surface area contributed by atoms with E-state index in [4.69, 9.17) is 0 Å². The van der Waals surface area contributed by atoms with Crippen LogP contribution in [0.5, 0.6) is 0 Å². The molecule has 2 N–H and O–H groups in total. The molecule has 0 saturated carbocycles. The number of carbonyl (C=O) groups excluding carboxylic acids is 1. The van der Waals surface area contributed by atoms with Crippen LogP contribution in [-0.2, 0) is 10.0 Å². The van der Waals surface area contributed by atoms with Gasteiger partial charge in [0.2, 0.25) is 0 Å². The van der Waals surface area contributed by atoms with Crippen molar-refractivity contribution in [2.75, 3.05) is 10.0 Å². The molecule has 28 heavy (non-hydrogen) atoms. The Bertz CT molecular complexity index is 1120. The summed E-state index contributed by atoms with van der Waals surface area (Å²) in [5.41, 5.74) is 3.90. The van der Waals surface area contributed by atoms with E-state index in [0.29, 0.717) is 16.9 Å². The highest BCUT2D eigenvalue weighted by Gasteiger charge is 2.20. The number of nitrogens with one attached hydrogen (secondary N) is 2. The van der Waals surface area contributed by atoms with Gasteiger partial charge in [0.05, 0.1) is 10.6 Å². The lowest BCUT2D eigenvalue weighted by atomic mass is 10.1. The van der Waals surface area contributed by atoms with Crippen LogP contribution in [0.25, 0.3) is 0 Å². The van der Waals surface area contributed by atoms with Crippen molar-refractivity contribution in [3.8, 4) is 0 Å². The molecule has 0 atom stereocenters. The molecule has 3 aromatic rings. The Morgan fingerprint density at radius 1 is 0.821 bits per heavy atom. The molecule has 0 aromatic heterocycles. The van der Waals surface area contributed by atoms with Gasteiger partial charge >= 0.3 is 0 Å². The van der Waals surface area contributed by atoms with Crippen molar-refractivity contribution in [2.45, 2.75) is 25.7 Å². The molecule has 0 aliphatic rings. The Balaban J connectivity index is 1.89. The number of hydrogen-bond donors (Lipinski definition) is 2. The van der Waals surface area contributed by atoms with Crippen molar-refractivity contribution in [1.29, 1.82) is 0 Å². The second-order valence-corrected chi connectivity index (χ2v) is 8.37. The highest BCUT2D eigenvalue weighted by atomic mass is 32.2. The Labute approximate surface area is 165 Å². The highest BCUT2D eigenvalue weighted by Crippen LogP contribution is 2.23. The second kappa shape index (κ2) is 7.86. The number of hydrogen-bond acceptors (Lipinski definition) is 3. The summed E-state index contributed by atoms with van der Waals surface area (Å²) in [6, 6.07) is 19.2. The summed E-state index contributed by atoms with van der Waals surface area (Å²) < 4.78 is 28.4. The van der Waals surface area contributed by atoms with E-state index in [1.54, 1.807) is 43.3 Å². The highest BCUT2D eigenvalue weighted by molar-refractivity contribution is 7.92. The Morgan fingerprint density at radius 3 is 2.18 bits per heavy atom. The van der Waals surface area contributed by atoms with Gasteiger partial charge in [-0.05, 0) is 62.2 Å². The first kappa shape index (κ1) is 19.6. The number of aryl methyl sites for hydroxylation is 3. The minimum atomic E-state index is -3.83. The quantitative estimate of drug-likeness (QED) is 0.661. The molecule has 0 bridgehead atoms. The molecule has 0 spiro atoms. The van der Waals surface area contributed by atoms with Gasteiger partial charge in [-0.15, -0.1) is 0 Å². The molecule has 1 amide bonds. The zero-order valence-corrected chi connectivity index (χ0v) is 16.8. The molecule has 0 saturated heterocycles. The van der Waals surface area contributed by atoms with E-state index in [9.17, 15) is 13.2 Å². The monoisotopic (exact) mass is 394 g/mol. The predicted octanol–water partition coefficient (Wildman–Crippen LogP) is 4.66. The predicted molar refractivity (Wildman–Crippen MR) is 112 cm³/mol. The van der Waals surface area contributed by atoms with Crippen LogP contribution in [0, 0.1) is 20.8 Å². The van der Waals surface area contributed by atoms with E-state index in [0.717, 1.165) is 11.1 Å². The number of sulfonamides is 1. The molecule has 3 rings (SSSR count). The molecule has 0 radical (unpaired) electrons. The van der Waals surface area contributed by atoms with Crippen molar-refractivity contribution in [3.05, 3.63) is 89.0 Å². The minimum absolute atomic E-state index is 0.0762. The number of benzene rings is 3. The van der Waals surface area contributed by atoms with Crippen LogP contribution in [0.2, 0.25) is 0 Å². The van der Waals surface area contributed by atoms with E-state index in [1.807, 2.05) is 38.1 Å². The molecule has 0 aliphatic carbocycles. The van der Waals surface area contributed by atoms with Crippen molar-refractivity contribution in [1.82, 2.24) is 0 Å². The Kier molecular flexibility index (Phi) is 5.51. The fourth-order valence-electron chi connectivity index (χ4n) is 2.76. The first-order valence-corrected chi connectivity index (χ1v) is 10.3. The molecule has 0 heterocycles. The van der Waals surface area contributed by atoms with Crippen LogP contribution in [-0.4, -0.2) is 14.3 Å². The third kappa shape index (κ3) is 4.40. The largest absolute Gasteiger partial charge is 0.322 e. The summed E-state index contributed by atoms with van der Waals surface area (Å²) in [4.78, 5) is 12.7. The lowest BCUT2D eigenvalue weighted by Gasteiger charge is -2.13. The Hall–Kier alpha value is -3.12. The summed E-state index contributed by atoms with van der Waals surface area (Å²) in [6.07, 6.45) is 0. The second-order valence-electron chi connectivity index (χ2n) is 6.72. The molecule has 5 nitrogen and oxygen atoms in total. The number of rotatable bonds is 5. The molecule has 3 aromatic carbocycles. The van der Waals surface area contributed by atoms with Gasteiger partial charge in [0.15, 0.2) is 0 Å². The zero-order valence-electron chi connectivity index (χ0n) is 16.0. The van der Waals surface area contributed by atoms with Crippen LogP contribution in [0.4, 0.5) is 11.4 Å². The van der Waals surface area contributed by atoms with E-state index in [1.165, 1.54) is 6.07 Å². The van der Waals surface area contributed by atoms with Crippen LogP contribution in [0.15, 0.2) is 71.6 Å². The summed E-state index contributed by atoms with van der Waals surface area (Å²) in [7, 11) is -3.83. The number of amides is 1. The maximum absolute atomic E-state index is 12.9. The summed E-state index contributed by atoms with van der Waals surface area (Å²) >= 11 is 0. The fraction of sp³-hybridized carbons (Fsp3) is 0.136. The van der Waals surface area contributed by atoms with Gasteiger partial charge < -0.3 is 5.32 Å². The molecule has 6 heteroatoms. The normalized spacial score (nSPS) is 11.1. The van der Waals surface area contributed by atoms with Gasteiger partial charge in [-0.1, -0.05) is 42.0 Å². The summed E-state index contributed by atoms with van der Waals surface area (Å²) in [6.45, 7) is 5.49. The molecular formula is C22H22N2O3S. The molecular weight excluding hydrogens is 372 g/mol. The van der Waals surface area contributed by atoms with Crippen LogP contribution < -0.4 is 10.0 Å². The number of para-hydroxylation sites is 1. The molecule has 0 aliphatic heterocycles. The van der Waals surface area contributed by atoms with Gasteiger partial charge in [-0.25, -0.2) is 8.42 Å². The summed E-state index contributed by atoms with van der Waals surface area (Å²) in [5, 5.41) is 2.79. The van der Waals surface area contributed by atoms with E-state index >= 15 is 0 Å². The van der Waals surface area contributed by atoms with E-state index in [2.05, 4.69) is 10.0 Å². The SMILES string of the molecule is Cc1ccc(NC(=O)c2ccc(C)c(S(=O)(=O)Nc3ccccc3C)c2)cc1. The van der Waals surface area contributed by atoms with Crippen molar-refractivity contribution in [2.24, 2.45) is 0 Å². The van der Waals surface area contributed by atoms with Gasteiger partial charge in [0.25, 0.3) is 15.9 Å². The lowest BCUT2D eigenvalue weighted by Crippen LogP contribution is -2.17. The standard InChI is InChI=1S/C22H22N2O3S/c1-15-8-12-19(13-9-15)23-22(25)18-11-10-17(3)21(14-18)28(26,27)24-20-7-5-4-6-16(20)2/h4-14,24H,1-3H3,(H,23,25). The van der Waals surface area contributed by atoms with Crippen molar-refractivity contribution < 1.29 is 13.2 Å². The van der Waals surface area contributed by atoms with Crippen molar-refractivity contribution >= 4 is 27.3 Å². The first-order chi connectivity index (χ1) is 13.3. The zero-order chi connectivity index (χ0) is 20.3. The van der Waals surface area contributed by atoms with Gasteiger partial charge in [-0.2, -0.15) is 0 Å². The number of carbonyl (C=O) groups is 1. The van der Waals surface area contributed by atoms with Gasteiger partial charge in [0, 0.05) is 11.3 Å². The van der Waals surface area contributed by atoms with E-state index in [-0.39, 0.29) is 16.4 Å². The summed E-state index contributed by atoms with van der Waals surface area (Å²) in [5.74, 6) is -0.365. The Morgan fingerprint density at radius 2 is 1.50 bits per heavy atom. The third-order valence-electron chi connectivity index (χ3n) is 4.44. The van der Waals surface area contributed by atoms with Gasteiger partial charge in [-0.3, -0.25) is 9.52 Å². The topological polar surface area (TPSA) is 75.3 Å².